The second-order valence-electron chi connectivity index (χ2n) is 4.55. The lowest BCUT2D eigenvalue weighted by Crippen LogP contribution is -2.40. The van der Waals surface area contributed by atoms with Gasteiger partial charge in [-0.15, -0.1) is 0 Å². The number of amides is 1. The molecule has 0 saturated heterocycles. The molecule has 0 aliphatic carbocycles. The van der Waals surface area contributed by atoms with E-state index >= 15 is 0 Å². The lowest BCUT2D eigenvalue weighted by atomic mass is 10.1. The maximum absolute atomic E-state index is 11.9. The molecule has 0 spiro atoms. The fourth-order valence-electron chi connectivity index (χ4n) is 1.75. The lowest BCUT2D eigenvalue weighted by molar-refractivity contribution is -0.140. The van der Waals surface area contributed by atoms with Gasteiger partial charge in [-0.05, 0) is 30.5 Å². The summed E-state index contributed by atoms with van der Waals surface area (Å²) in [5.74, 6) is -2.70. The van der Waals surface area contributed by atoms with Crippen LogP contribution in [0.25, 0.3) is 0 Å². The number of nitrogens with one attached hydrogen (secondary N) is 1. The van der Waals surface area contributed by atoms with Crippen molar-refractivity contribution < 1.29 is 24.6 Å². The Morgan fingerprint density at radius 1 is 1.14 bits per heavy atom. The molecule has 1 rings (SSSR count). The molecule has 1 aromatic rings. The first-order valence-electron chi connectivity index (χ1n) is 6.48. The minimum Gasteiger partial charge on any atom is -0.481 e. The van der Waals surface area contributed by atoms with Crippen LogP contribution in [-0.2, 0) is 16.1 Å². The molecule has 1 atom stereocenters. The van der Waals surface area contributed by atoms with Crippen molar-refractivity contribution in [1.29, 1.82) is 0 Å². The quantitative estimate of drug-likeness (QED) is 0.555. The highest BCUT2D eigenvalue weighted by Gasteiger charge is 2.20. The first-order chi connectivity index (χ1) is 9.93. The van der Waals surface area contributed by atoms with E-state index in [1.54, 1.807) is 24.3 Å². The summed E-state index contributed by atoms with van der Waals surface area (Å²) in [5.41, 5.74) is 6.64. The minimum atomic E-state index is -1.19. The van der Waals surface area contributed by atoms with E-state index in [1.165, 1.54) is 0 Å². The van der Waals surface area contributed by atoms with Crippen molar-refractivity contribution in [1.82, 2.24) is 5.32 Å². The third kappa shape index (κ3) is 5.62. The van der Waals surface area contributed by atoms with E-state index in [2.05, 4.69) is 5.32 Å². The van der Waals surface area contributed by atoms with Crippen LogP contribution >= 0.6 is 0 Å². The first-order valence-corrected chi connectivity index (χ1v) is 6.48. The molecule has 0 unspecified atom stereocenters. The zero-order chi connectivity index (χ0) is 15.8. The topological polar surface area (TPSA) is 130 Å². The highest BCUT2D eigenvalue weighted by atomic mass is 16.4. The Hall–Kier alpha value is -2.41. The van der Waals surface area contributed by atoms with E-state index in [4.69, 9.17) is 15.9 Å². The fraction of sp³-hybridized carbons (Fsp3) is 0.357. The third-order valence-electron chi connectivity index (χ3n) is 2.94. The summed E-state index contributed by atoms with van der Waals surface area (Å²) in [5, 5.41) is 19.9. The molecule has 5 N–H and O–H groups in total. The van der Waals surface area contributed by atoms with Gasteiger partial charge in [0.1, 0.15) is 6.04 Å². The average molecular weight is 294 g/mol. The minimum absolute atomic E-state index is 0.0637. The molecule has 7 heteroatoms. The van der Waals surface area contributed by atoms with Gasteiger partial charge in [0.05, 0.1) is 0 Å². The second-order valence-corrected chi connectivity index (χ2v) is 4.55. The summed E-state index contributed by atoms with van der Waals surface area (Å²) in [7, 11) is 0. The fourth-order valence-corrected chi connectivity index (χ4v) is 1.75. The first kappa shape index (κ1) is 16.6. The van der Waals surface area contributed by atoms with E-state index in [9.17, 15) is 14.4 Å². The van der Waals surface area contributed by atoms with Crippen LogP contribution in [0.15, 0.2) is 24.3 Å². The molecule has 0 aromatic heterocycles. The maximum Gasteiger partial charge on any atom is 0.326 e. The second kappa shape index (κ2) is 8.01. The standard InChI is InChI=1S/C14H18N2O5/c15-8-9-4-6-10(7-5-9)13(19)16-11(14(20)21)2-1-3-12(17)18/h4-7,11H,1-3,8,15H2,(H,16,19)(H,17,18)(H,20,21)/t11-/m1/s1. The maximum atomic E-state index is 11.9. The monoisotopic (exact) mass is 294 g/mol. The molecule has 114 valence electrons. The van der Waals surface area contributed by atoms with Crippen molar-refractivity contribution in [3.63, 3.8) is 0 Å². The van der Waals surface area contributed by atoms with Crippen LogP contribution in [0.3, 0.4) is 0 Å². The predicted octanol–water partition coefficient (Wildman–Crippen LogP) is 0.583. The van der Waals surface area contributed by atoms with E-state index in [0.717, 1.165) is 5.56 Å². The van der Waals surface area contributed by atoms with Crippen molar-refractivity contribution in [2.24, 2.45) is 5.73 Å². The summed E-state index contributed by atoms with van der Waals surface area (Å²) in [6, 6.07) is 5.40. The highest BCUT2D eigenvalue weighted by Crippen LogP contribution is 2.06. The SMILES string of the molecule is NCc1ccc(C(=O)N[C@H](CCCC(=O)O)C(=O)O)cc1. The molecule has 0 bridgehead atoms. The third-order valence-corrected chi connectivity index (χ3v) is 2.94. The Morgan fingerprint density at radius 3 is 2.24 bits per heavy atom. The number of hydrogen-bond acceptors (Lipinski definition) is 4. The van der Waals surface area contributed by atoms with Gasteiger partial charge >= 0.3 is 11.9 Å². The summed E-state index contributed by atoms with van der Waals surface area (Å²) < 4.78 is 0. The molecule has 0 aliphatic rings. The molecule has 0 heterocycles. The number of benzene rings is 1. The van der Waals surface area contributed by atoms with Crippen molar-refractivity contribution in [3.8, 4) is 0 Å². The van der Waals surface area contributed by atoms with Gasteiger partial charge in [-0.1, -0.05) is 12.1 Å². The van der Waals surface area contributed by atoms with Crippen LogP contribution in [0.1, 0.15) is 35.2 Å². The van der Waals surface area contributed by atoms with Gasteiger partial charge < -0.3 is 21.3 Å². The molecule has 0 radical (unpaired) electrons. The van der Waals surface area contributed by atoms with Crippen molar-refractivity contribution in [3.05, 3.63) is 35.4 Å². The number of aliphatic carboxylic acids is 2. The number of nitrogens with two attached hydrogens (primary N) is 1. The number of carbonyl (C=O) groups excluding carboxylic acids is 1. The Morgan fingerprint density at radius 2 is 1.76 bits per heavy atom. The Labute approximate surface area is 121 Å². The zero-order valence-corrected chi connectivity index (χ0v) is 11.4. The Kier molecular flexibility index (Phi) is 6.35. The molecule has 0 aliphatic heterocycles. The van der Waals surface area contributed by atoms with Crippen molar-refractivity contribution in [2.75, 3.05) is 0 Å². The van der Waals surface area contributed by atoms with Crippen molar-refractivity contribution in [2.45, 2.75) is 31.8 Å². The predicted molar refractivity (Wildman–Crippen MR) is 74.7 cm³/mol. The lowest BCUT2D eigenvalue weighted by Gasteiger charge is -2.14. The van der Waals surface area contributed by atoms with Gasteiger partial charge in [-0.2, -0.15) is 0 Å². The van der Waals surface area contributed by atoms with Gasteiger partial charge in [0.15, 0.2) is 0 Å². The molecular weight excluding hydrogens is 276 g/mol. The number of hydrogen-bond donors (Lipinski definition) is 4. The van der Waals surface area contributed by atoms with Crippen LogP contribution in [0, 0.1) is 0 Å². The van der Waals surface area contributed by atoms with Crippen molar-refractivity contribution >= 4 is 17.8 Å². The summed E-state index contributed by atoms with van der Waals surface area (Å²) in [4.78, 5) is 33.4. The summed E-state index contributed by atoms with van der Waals surface area (Å²) >= 11 is 0. The summed E-state index contributed by atoms with van der Waals surface area (Å²) in [6.07, 6.45) is 0.109. The van der Waals surface area contributed by atoms with Gasteiger partial charge in [-0.3, -0.25) is 9.59 Å². The Bertz CT molecular complexity index is 513. The number of rotatable bonds is 8. The van der Waals surface area contributed by atoms with Crippen LogP contribution < -0.4 is 11.1 Å². The van der Waals surface area contributed by atoms with Crippen LogP contribution in [-0.4, -0.2) is 34.1 Å². The molecular formula is C14H18N2O5. The van der Waals surface area contributed by atoms with Crippen LogP contribution in [0.2, 0.25) is 0 Å². The van der Waals surface area contributed by atoms with Gasteiger partial charge in [0.25, 0.3) is 5.91 Å². The average Bonchev–Trinajstić information content (AvgIpc) is 2.45. The van der Waals surface area contributed by atoms with Gasteiger partial charge in [0, 0.05) is 18.5 Å². The van der Waals surface area contributed by atoms with Gasteiger partial charge in [-0.25, -0.2) is 4.79 Å². The van der Waals surface area contributed by atoms with E-state index in [1.807, 2.05) is 0 Å². The molecule has 7 nitrogen and oxygen atoms in total. The largest absolute Gasteiger partial charge is 0.481 e. The normalized spacial score (nSPS) is 11.7. The number of carbonyl (C=O) groups is 3. The summed E-state index contributed by atoms with van der Waals surface area (Å²) in [6.45, 7) is 0.356. The molecule has 21 heavy (non-hydrogen) atoms. The van der Waals surface area contributed by atoms with E-state index in [-0.39, 0.29) is 19.3 Å². The zero-order valence-electron chi connectivity index (χ0n) is 11.4. The molecule has 1 amide bonds. The molecule has 0 fully saturated rings. The number of carboxylic acid groups (broad SMARTS) is 2. The number of carboxylic acids is 2. The smallest absolute Gasteiger partial charge is 0.326 e. The molecule has 1 aromatic carbocycles. The highest BCUT2D eigenvalue weighted by molar-refractivity contribution is 5.96. The van der Waals surface area contributed by atoms with Crippen LogP contribution in [0.4, 0.5) is 0 Å². The van der Waals surface area contributed by atoms with Crippen LogP contribution in [0.5, 0.6) is 0 Å². The van der Waals surface area contributed by atoms with E-state index in [0.29, 0.717) is 12.1 Å². The van der Waals surface area contributed by atoms with E-state index < -0.39 is 23.9 Å². The van der Waals surface area contributed by atoms with Gasteiger partial charge in [0.2, 0.25) is 0 Å². The Balaban J connectivity index is 2.62. The molecule has 0 saturated carbocycles.